The molecule has 0 N–H and O–H groups in total. The van der Waals surface area contributed by atoms with Crippen molar-refractivity contribution in [3.63, 3.8) is 0 Å². The number of rotatable bonds is 2. The third-order valence-electron chi connectivity index (χ3n) is 4.59. The van der Waals surface area contributed by atoms with Gasteiger partial charge in [0.2, 0.25) is 10.0 Å². The van der Waals surface area contributed by atoms with Gasteiger partial charge in [0.1, 0.15) is 0 Å². The lowest BCUT2D eigenvalue weighted by atomic mass is 10.2. The third kappa shape index (κ3) is 4.36. The number of hydrogen-bond donors (Lipinski definition) is 0. The first-order valence-electron chi connectivity index (χ1n) is 8.48. The van der Waals surface area contributed by atoms with Crippen LogP contribution in [0.15, 0.2) is 29.2 Å². The predicted molar refractivity (Wildman–Crippen MR) is 89.6 cm³/mol. The van der Waals surface area contributed by atoms with E-state index in [1.807, 2.05) is 0 Å². The van der Waals surface area contributed by atoms with Gasteiger partial charge >= 0.3 is 12.2 Å². The van der Waals surface area contributed by atoms with Crippen molar-refractivity contribution in [1.29, 1.82) is 0 Å². The van der Waals surface area contributed by atoms with Gasteiger partial charge in [-0.05, 0) is 18.2 Å². The van der Waals surface area contributed by atoms with Crippen LogP contribution < -0.4 is 0 Å². The number of nitrogens with zero attached hydrogens (tertiary/aromatic N) is 3. The maximum absolute atomic E-state index is 12.8. The highest BCUT2D eigenvalue weighted by Crippen LogP contribution is 2.31. The summed E-state index contributed by atoms with van der Waals surface area (Å²) in [5, 5.41) is 0. The summed E-state index contributed by atoms with van der Waals surface area (Å²) >= 11 is 0. The van der Waals surface area contributed by atoms with Crippen molar-refractivity contribution in [2.45, 2.75) is 11.1 Å². The second-order valence-corrected chi connectivity index (χ2v) is 8.24. The minimum absolute atomic E-state index is 0.0364. The van der Waals surface area contributed by atoms with E-state index in [9.17, 15) is 26.4 Å². The molecule has 2 fully saturated rings. The van der Waals surface area contributed by atoms with Crippen LogP contribution >= 0.6 is 0 Å². The van der Waals surface area contributed by atoms with Crippen molar-refractivity contribution in [2.75, 3.05) is 52.5 Å². The van der Waals surface area contributed by atoms with Gasteiger partial charge < -0.3 is 14.5 Å². The molecule has 0 aliphatic carbocycles. The molecule has 11 heteroatoms. The Morgan fingerprint density at radius 3 is 2.15 bits per heavy atom. The van der Waals surface area contributed by atoms with E-state index in [2.05, 4.69) is 0 Å². The smallest absolute Gasteiger partial charge is 0.378 e. The molecule has 27 heavy (non-hydrogen) atoms. The van der Waals surface area contributed by atoms with Crippen LogP contribution in [-0.4, -0.2) is 81.0 Å². The first-order valence-corrected chi connectivity index (χ1v) is 9.92. The Labute approximate surface area is 155 Å². The van der Waals surface area contributed by atoms with Crippen LogP contribution in [0.5, 0.6) is 0 Å². The number of morpholine rings is 1. The van der Waals surface area contributed by atoms with E-state index in [4.69, 9.17) is 4.74 Å². The second-order valence-electron chi connectivity index (χ2n) is 6.30. The lowest BCUT2D eigenvalue weighted by molar-refractivity contribution is -0.137. The number of carbonyl (C=O) groups excluding carboxylic acids is 1. The quantitative estimate of drug-likeness (QED) is 0.745. The van der Waals surface area contributed by atoms with E-state index in [1.54, 1.807) is 9.80 Å². The Balaban J connectivity index is 1.67. The molecule has 2 aliphatic heterocycles. The highest BCUT2D eigenvalue weighted by molar-refractivity contribution is 7.89. The normalized spacial score (nSPS) is 20.0. The molecular weight excluding hydrogens is 387 g/mol. The van der Waals surface area contributed by atoms with Crippen molar-refractivity contribution >= 4 is 16.1 Å². The standard InChI is InChI=1S/C16H20F3N3O4S/c17-16(18,19)13-2-1-3-14(12-13)27(24,25)22-6-4-20(5-7-22)15(23)21-8-10-26-11-9-21/h1-3,12H,4-11H2. The number of halogens is 3. The van der Waals surface area contributed by atoms with Gasteiger partial charge in [-0.15, -0.1) is 0 Å². The molecule has 3 rings (SSSR count). The minimum Gasteiger partial charge on any atom is -0.378 e. The molecule has 150 valence electrons. The average molecular weight is 407 g/mol. The van der Waals surface area contributed by atoms with Crippen LogP contribution in [-0.2, 0) is 20.9 Å². The van der Waals surface area contributed by atoms with Crippen molar-refractivity contribution < 1.29 is 31.1 Å². The van der Waals surface area contributed by atoms with Gasteiger partial charge in [-0.2, -0.15) is 17.5 Å². The van der Waals surface area contributed by atoms with Gasteiger partial charge in [0.25, 0.3) is 0 Å². The molecule has 7 nitrogen and oxygen atoms in total. The lowest BCUT2D eigenvalue weighted by Crippen LogP contribution is -2.55. The van der Waals surface area contributed by atoms with E-state index in [-0.39, 0.29) is 32.2 Å². The van der Waals surface area contributed by atoms with Crippen molar-refractivity contribution in [2.24, 2.45) is 0 Å². The Kier molecular flexibility index (Phi) is 5.63. The van der Waals surface area contributed by atoms with E-state index >= 15 is 0 Å². The first kappa shape index (κ1) is 19.9. The molecular formula is C16H20F3N3O4S. The molecule has 0 aromatic heterocycles. The number of sulfonamides is 1. The SMILES string of the molecule is O=C(N1CCOCC1)N1CCN(S(=O)(=O)c2cccc(C(F)(F)F)c2)CC1. The summed E-state index contributed by atoms with van der Waals surface area (Å²) in [6, 6.07) is 3.52. The number of urea groups is 1. The molecule has 0 spiro atoms. The summed E-state index contributed by atoms with van der Waals surface area (Å²) < 4.78 is 70.2. The van der Waals surface area contributed by atoms with Crippen LogP contribution in [0.4, 0.5) is 18.0 Å². The number of amides is 2. The number of hydrogen-bond acceptors (Lipinski definition) is 4. The molecule has 0 unspecified atom stereocenters. The van der Waals surface area contributed by atoms with Gasteiger partial charge in [0, 0.05) is 39.3 Å². The summed E-state index contributed by atoms with van der Waals surface area (Å²) in [5.41, 5.74) is -1.01. The lowest BCUT2D eigenvalue weighted by Gasteiger charge is -2.38. The zero-order valence-electron chi connectivity index (χ0n) is 14.5. The Morgan fingerprint density at radius 2 is 1.56 bits per heavy atom. The van der Waals surface area contributed by atoms with Gasteiger partial charge in [-0.1, -0.05) is 6.07 Å². The van der Waals surface area contributed by atoms with Crippen LogP contribution in [0.25, 0.3) is 0 Å². The number of piperazine rings is 1. The molecule has 2 aliphatic rings. The maximum atomic E-state index is 12.8. The van der Waals surface area contributed by atoms with Crippen LogP contribution in [0.2, 0.25) is 0 Å². The fourth-order valence-electron chi connectivity index (χ4n) is 3.06. The molecule has 0 saturated carbocycles. The van der Waals surface area contributed by atoms with Gasteiger partial charge in [-0.3, -0.25) is 0 Å². The molecule has 2 heterocycles. The van der Waals surface area contributed by atoms with Crippen molar-refractivity contribution in [1.82, 2.24) is 14.1 Å². The number of alkyl halides is 3. The minimum atomic E-state index is -4.62. The third-order valence-corrected chi connectivity index (χ3v) is 6.48. The van der Waals surface area contributed by atoms with Crippen LogP contribution in [0, 0.1) is 0 Å². The monoisotopic (exact) mass is 407 g/mol. The highest BCUT2D eigenvalue weighted by atomic mass is 32.2. The molecule has 2 saturated heterocycles. The van der Waals surface area contributed by atoms with Crippen molar-refractivity contribution in [3.05, 3.63) is 29.8 Å². The number of ether oxygens (including phenoxy) is 1. The molecule has 2 amide bonds. The summed E-state index contributed by atoms with van der Waals surface area (Å²) in [7, 11) is -4.06. The molecule has 1 aromatic rings. The molecule has 0 atom stereocenters. The van der Waals surface area contributed by atoms with Crippen molar-refractivity contribution in [3.8, 4) is 0 Å². The van der Waals surface area contributed by atoms with Gasteiger partial charge in [0.05, 0.1) is 23.7 Å². The zero-order valence-corrected chi connectivity index (χ0v) is 15.3. The summed E-state index contributed by atoms with van der Waals surface area (Å²) in [4.78, 5) is 15.3. The Morgan fingerprint density at radius 1 is 0.963 bits per heavy atom. The second kappa shape index (κ2) is 7.64. The van der Waals surface area contributed by atoms with E-state index in [1.165, 1.54) is 0 Å². The average Bonchev–Trinajstić information content (AvgIpc) is 2.67. The number of benzene rings is 1. The van der Waals surface area contributed by atoms with Crippen LogP contribution in [0.1, 0.15) is 5.56 Å². The fraction of sp³-hybridized carbons (Fsp3) is 0.562. The fourth-order valence-corrected chi connectivity index (χ4v) is 4.52. The van der Waals surface area contributed by atoms with E-state index < -0.39 is 26.7 Å². The molecule has 0 radical (unpaired) electrons. The molecule has 0 bridgehead atoms. The maximum Gasteiger partial charge on any atom is 0.416 e. The molecule has 1 aromatic carbocycles. The Hall–Kier alpha value is -1.85. The van der Waals surface area contributed by atoms with Gasteiger partial charge in [-0.25, -0.2) is 13.2 Å². The highest BCUT2D eigenvalue weighted by Gasteiger charge is 2.35. The van der Waals surface area contributed by atoms with E-state index in [0.29, 0.717) is 32.4 Å². The predicted octanol–water partition coefficient (Wildman–Crippen LogP) is 1.46. The summed E-state index contributed by atoms with van der Waals surface area (Å²) in [6.45, 7) is 2.36. The van der Waals surface area contributed by atoms with Crippen LogP contribution in [0.3, 0.4) is 0 Å². The first-order chi connectivity index (χ1) is 12.7. The number of carbonyl (C=O) groups is 1. The zero-order chi connectivity index (χ0) is 19.7. The topological polar surface area (TPSA) is 70.2 Å². The Bertz CT molecular complexity index is 786. The largest absolute Gasteiger partial charge is 0.416 e. The van der Waals surface area contributed by atoms with E-state index in [0.717, 1.165) is 22.5 Å². The van der Waals surface area contributed by atoms with Gasteiger partial charge in [0.15, 0.2) is 0 Å². The summed E-state index contributed by atoms with van der Waals surface area (Å²) in [6.07, 6.45) is -4.62. The summed E-state index contributed by atoms with van der Waals surface area (Å²) in [5.74, 6) is 0.